The van der Waals surface area contributed by atoms with Crippen LogP contribution in [0.25, 0.3) is 11.4 Å². The number of benzene rings is 1. The van der Waals surface area contributed by atoms with Crippen molar-refractivity contribution in [2.24, 2.45) is 11.7 Å². The highest BCUT2D eigenvalue weighted by molar-refractivity contribution is 5.53. The quantitative estimate of drug-likeness (QED) is 0.883. The Bertz CT molecular complexity index is 519. The van der Waals surface area contributed by atoms with Gasteiger partial charge in [0.25, 0.3) is 0 Å². The van der Waals surface area contributed by atoms with Gasteiger partial charge in [0, 0.05) is 5.56 Å². The lowest BCUT2D eigenvalue weighted by atomic mass is 10.2. The fourth-order valence-electron chi connectivity index (χ4n) is 1.74. The van der Waals surface area contributed by atoms with Gasteiger partial charge in [-0.25, -0.2) is 4.39 Å². The number of nitrogens with two attached hydrogens (primary N) is 1. The molecule has 17 heavy (non-hydrogen) atoms. The summed E-state index contributed by atoms with van der Waals surface area (Å²) in [7, 11) is 0. The number of rotatable bonds is 3. The molecule has 5 heteroatoms. The second kappa shape index (κ2) is 3.92. The van der Waals surface area contributed by atoms with Gasteiger partial charge in [0.15, 0.2) is 0 Å². The number of hydrogen-bond donors (Lipinski definition) is 1. The molecule has 1 heterocycles. The summed E-state index contributed by atoms with van der Waals surface area (Å²) in [5, 5.41) is 3.86. The summed E-state index contributed by atoms with van der Waals surface area (Å²) in [5.74, 6) is 1.10. The molecule has 1 saturated carbocycles. The van der Waals surface area contributed by atoms with Crippen LogP contribution in [0, 0.1) is 11.7 Å². The summed E-state index contributed by atoms with van der Waals surface area (Å²) in [4.78, 5) is 4.25. The fraction of sp³-hybridized carbons (Fsp3) is 0.333. The second-order valence-corrected chi connectivity index (χ2v) is 4.33. The molecule has 1 aliphatic carbocycles. The highest BCUT2D eigenvalue weighted by Crippen LogP contribution is 2.39. The standard InChI is InChI=1S/C12H12FN3O/c13-9-5-3-8(4-6-9)11-15-12(17-16-11)10(14)7-1-2-7/h3-7,10H,1-2,14H2. The Morgan fingerprint density at radius 2 is 2.00 bits per heavy atom. The zero-order valence-corrected chi connectivity index (χ0v) is 9.14. The highest BCUT2D eigenvalue weighted by Gasteiger charge is 2.33. The van der Waals surface area contributed by atoms with Gasteiger partial charge in [-0.15, -0.1) is 0 Å². The maximum absolute atomic E-state index is 12.8. The molecule has 1 fully saturated rings. The predicted octanol–water partition coefficient (Wildman–Crippen LogP) is 2.29. The SMILES string of the molecule is NC(c1nc(-c2ccc(F)cc2)no1)C1CC1. The second-order valence-electron chi connectivity index (χ2n) is 4.33. The third kappa shape index (κ3) is 2.06. The number of hydrogen-bond acceptors (Lipinski definition) is 4. The Morgan fingerprint density at radius 3 is 2.65 bits per heavy atom. The van der Waals surface area contributed by atoms with Crippen molar-refractivity contribution in [3.63, 3.8) is 0 Å². The summed E-state index contributed by atoms with van der Waals surface area (Å²) in [6.07, 6.45) is 2.24. The van der Waals surface area contributed by atoms with E-state index in [1.165, 1.54) is 12.1 Å². The van der Waals surface area contributed by atoms with Gasteiger partial charge in [0.2, 0.25) is 11.7 Å². The van der Waals surface area contributed by atoms with E-state index >= 15 is 0 Å². The van der Waals surface area contributed by atoms with Crippen LogP contribution >= 0.6 is 0 Å². The van der Waals surface area contributed by atoms with Crippen LogP contribution < -0.4 is 5.73 Å². The molecule has 1 aromatic heterocycles. The van der Waals surface area contributed by atoms with Crippen molar-refractivity contribution < 1.29 is 8.91 Å². The van der Waals surface area contributed by atoms with Gasteiger partial charge in [-0.3, -0.25) is 0 Å². The van der Waals surface area contributed by atoms with Crippen molar-refractivity contribution in [3.05, 3.63) is 36.0 Å². The molecule has 2 aromatic rings. The molecule has 0 spiro atoms. The van der Waals surface area contributed by atoms with E-state index in [1.807, 2.05) is 0 Å². The van der Waals surface area contributed by atoms with E-state index in [9.17, 15) is 4.39 Å². The summed E-state index contributed by atoms with van der Waals surface area (Å²) in [6, 6.07) is 5.80. The molecule has 0 bridgehead atoms. The van der Waals surface area contributed by atoms with Crippen molar-refractivity contribution in [1.82, 2.24) is 10.1 Å². The van der Waals surface area contributed by atoms with E-state index in [4.69, 9.17) is 10.3 Å². The lowest BCUT2D eigenvalue weighted by molar-refractivity contribution is 0.343. The number of halogens is 1. The van der Waals surface area contributed by atoms with Crippen molar-refractivity contribution in [2.75, 3.05) is 0 Å². The molecule has 2 N–H and O–H groups in total. The lowest BCUT2D eigenvalue weighted by Gasteiger charge is -2.01. The zero-order chi connectivity index (χ0) is 11.8. The van der Waals surface area contributed by atoms with Gasteiger partial charge in [0.05, 0.1) is 6.04 Å². The fourth-order valence-corrected chi connectivity index (χ4v) is 1.74. The minimum atomic E-state index is -0.285. The Hall–Kier alpha value is -1.75. The first-order valence-electron chi connectivity index (χ1n) is 5.59. The molecule has 1 aliphatic rings. The van der Waals surface area contributed by atoms with Gasteiger partial charge >= 0.3 is 0 Å². The Labute approximate surface area is 97.6 Å². The minimum absolute atomic E-state index is 0.170. The van der Waals surface area contributed by atoms with Crippen molar-refractivity contribution >= 4 is 0 Å². The summed E-state index contributed by atoms with van der Waals surface area (Å²) in [5.41, 5.74) is 6.69. The van der Waals surface area contributed by atoms with Crippen molar-refractivity contribution in [3.8, 4) is 11.4 Å². The molecule has 1 atom stereocenters. The molecular weight excluding hydrogens is 221 g/mol. The first-order valence-corrected chi connectivity index (χ1v) is 5.59. The Balaban J connectivity index is 1.86. The van der Waals surface area contributed by atoms with Crippen molar-refractivity contribution in [2.45, 2.75) is 18.9 Å². The normalized spacial score (nSPS) is 17.1. The molecule has 1 unspecified atom stereocenters. The molecule has 0 amide bonds. The first kappa shape index (κ1) is 10.4. The minimum Gasteiger partial charge on any atom is -0.337 e. The van der Waals surface area contributed by atoms with Crippen LogP contribution in [-0.4, -0.2) is 10.1 Å². The van der Waals surface area contributed by atoms with Gasteiger partial charge in [0.1, 0.15) is 5.82 Å². The Morgan fingerprint density at radius 1 is 1.29 bits per heavy atom. The van der Waals surface area contributed by atoms with Gasteiger partial charge in [-0.1, -0.05) is 5.16 Å². The van der Waals surface area contributed by atoms with Gasteiger partial charge in [-0.2, -0.15) is 4.98 Å². The smallest absolute Gasteiger partial charge is 0.244 e. The van der Waals surface area contributed by atoms with E-state index in [0.717, 1.165) is 18.4 Å². The first-order chi connectivity index (χ1) is 8.24. The monoisotopic (exact) mass is 233 g/mol. The van der Waals surface area contributed by atoms with Crippen LogP contribution in [0.3, 0.4) is 0 Å². The average molecular weight is 233 g/mol. The van der Waals surface area contributed by atoms with E-state index in [-0.39, 0.29) is 11.9 Å². The van der Waals surface area contributed by atoms with E-state index in [0.29, 0.717) is 17.6 Å². The zero-order valence-electron chi connectivity index (χ0n) is 9.14. The summed E-state index contributed by atoms with van der Waals surface area (Å²) < 4.78 is 17.9. The van der Waals surface area contributed by atoms with Crippen LogP contribution in [0.15, 0.2) is 28.8 Å². The number of nitrogens with zero attached hydrogens (tertiary/aromatic N) is 2. The third-order valence-electron chi connectivity index (χ3n) is 2.96. The molecular formula is C12H12FN3O. The lowest BCUT2D eigenvalue weighted by Crippen LogP contribution is -2.12. The Kier molecular flexibility index (Phi) is 2.40. The predicted molar refractivity (Wildman–Crippen MR) is 59.3 cm³/mol. The third-order valence-corrected chi connectivity index (χ3v) is 2.96. The summed E-state index contributed by atoms with van der Waals surface area (Å²) >= 11 is 0. The molecule has 3 rings (SSSR count). The van der Waals surface area contributed by atoms with Gasteiger partial charge in [-0.05, 0) is 43.0 Å². The van der Waals surface area contributed by atoms with Crippen LogP contribution in [0.1, 0.15) is 24.8 Å². The van der Waals surface area contributed by atoms with E-state index < -0.39 is 0 Å². The maximum atomic E-state index is 12.8. The topological polar surface area (TPSA) is 64.9 Å². The highest BCUT2D eigenvalue weighted by atomic mass is 19.1. The molecule has 0 saturated heterocycles. The average Bonchev–Trinajstić information content (AvgIpc) is 3.07. The molecule has 4 nitrogen and oxygen atoms in total. The van der Waals surface area contributed by atoms with Crippen LogP contribution in [0.4, 0.5) is 4.39 Å². The summed E-state index contributed by atoms with van der Waals surface area (Å²) in [6.45, 7) is 0. The molecule has 0 aliphatic heterocycles. The van der Waals surface area contributed by atoms with Crippen molar-refractivity contribution in [1.29, 1.82) is 0 Å². The van der Waals surface area contributed by atoms with Gasteiger partial charge < -0.3 is 10.3 Å². The largest absolute Gasteiger partial charge is 0.337 e. The maximum Gasteiger partial charge on any atom is 0.244 e. The molecule has 1 aromatic carbocycles. The van der Waals surface area contributed by atoms with E-state index in [2.05, 4.69) is 10.1 Å². The van der Waals surface area contributed by atoms with Crippen LogP contribution in [0.2, 0.25) is 0 Å². The van der Waals surface area contributed by atoms with Crippen LogP contribution in [-0.2, 0) is 0 Å². The molecule has 88 valence electrons. The van der Waals surface area contributed by atoms with Crippen LogP contribution in [0.5, 0.6) is 0 Å². The number of aromatic nitrogens is 2. The molecule has 0 radical (unpaired) electrons. The van der Waals surface area contributed by atoms with E-state index in [1.54, 1.807) is 12.1 Å².